The zero-order valence-electron chi connectivity index (χ0n) is 7.76. The molecule has 1 N–H and O–H groups in total. The van der Waals surface area contributed by atoms with Gasteiger partial charge in [-0.15, -0.1) is 0 Å². The van der Waals surface area contributed by atoms with Gasteiger partial charge in [0.25, 0.3) is 0 Å². The number of hydrogen-bond acceptors (Lipinski definition) is 3. The van der Waals surface area contributed by atoms with Crippen molar-refractivity contribution in [2.24, 2.45) is 0 Å². The molecule has 15 heavy (non-hydrogen) atoms. The molecule has 1 aromatic carbocycles. The number of ether oxygens (including phenoxy) is 1. The van der Waals surface area contributed by atoms with Crippen molar-refractivity contribution >= 4 is 11.7 Å². The molecule has 0 heterocycles. The van der Waals surface area contributed by atoms with Gasteiger partial charge in [0.15, 0.2) is 0 Å². The normalized spacial score (nSPS) is 10.9. The first-order valence-electron chi connectivity index (χ1n) is 3.96. The molecule has 1 aromatic rings. The molecule has 0 aliphatic rings. The van der Waals surface area contributed by atoms with Crippen LogP contribution in [0.2, 0.25) is 0 Å². The fourth-order valence-electron chi connectivity index (χ4n) is 1.03. The van der Waals surface area contributed by atoms with Gasteiger partial charge in [-0.1, -0.05) is 12.1 Å². The van der Waals surface area contributed by atoms with Gasteiger partial charge in [-0.05, 0) is 12.1 Å². The summed E-state index contributed by atoms with van der Waals surface area (Å²) in [7, 11) is 1.10. The molecular weight excluding hydrogens is 211 g/mol. The number of hydrogen-bond donors (Lipinski definition) is 1. The number of methoxy groups -OCH3 is 1. The summed E-state index contributed by atoms with van der Waals surface area (Å²) < 4.78 is 40.4. The highest BCUT2D eigenvalue weighted by molar-refractivity contribution is 5.95. The van der Waals surface area contributed by atoms with Gasteiger partial charge in [0.1, 0.15) is 0 Å². The van der Waals surface area contributed by atoms with Gasteiger partial charge in [-0.2, -0.15) is 13.2 Å². The van der Waals surface area contributed by atoms with Crippen LogP contribution in [0.25, 0.3) is 0 Å². The maximum Gasteiger partial charge on any atom is 0.482 e. The fourth-order valence-corrected chi connectivity index (χ4v) is 1.03. The summed E-state index contributed by atoms with van der Waals surface area (Å²) in [6.07, 6.45) is -4.58. The number of benzene rings is 1. The molecule has 82 valence electrons. The fraction of sp³-hybridized carbons (Fsp3) is 0.222. The van der Waals surface area contributed by atoms with Crippen molar-refractivity contribution in [2.45, 2.75) is 6.30 Å². The van der Waals surface area contributed by atoms with Crippen LogP contribution in [0.5, 0.6) is 0 Å². The van der Waals surface area contributed by atoms with Gasteiger partial charge in [-0.25, -0.2) is 4.79 Å². The Kier molecular flexibility index (Phi) is 3.18. The first-order chi connectivity index (χ1) is 6.94. The summed E-state index contributed by atoms with van der Waals surface area (Å²) in [5.41, 5.74) is -0.478. The standard InChI is InChI=1S/C9H8F3NO2/c1-15-8(14)6-4-2-3-5-7(6)13-9(10,11)12/h2-5,13H,1H3. The number of esters is 1. The van der Waals surface area contributed by atoms with E-state index in [2.05, 4.69) is 4.74 Å². The number of alkyl halides is 3. The molecule has 1 rings (SSSR count). The van der Waals surface area contributed by atoms with Gasteiger partial charge in [0, 0.05) is 0 Å². The Morgan fingerprint density at radius 3 is 2.47 bits per heavy atom. The Morgan fingerprint density at radius 2 is 1.93 bits per heavy atom. The second kappa shape index (κ2) is 4.20. The van der Waals surface area contributed by atoms with E-state index < -0.39 is 12.3 Å². The maximum atomic E-state index is 12.0. The third-order valence-electron chi connectivity index (χ3n) is 1.61. The number of carbonyl (C=O) groups excluding carboxylic acids is 1. The van der Waals surface area contributed by atoms with Crippen LogP contribution in [0.3, 0.4) is 0 Å². The Labute approximate surface area is 83.8 Å². The lowest BCUT2D eigenvalue weighted by molar-refractivity contribution is -0.0999. The lowest BCUT2D eigenvalue weighted by atomic mass is 10.2. The molecule has 0 atom stereocenters. The van der Waals surface area contributed by atoms with Crippen LogP contribution in [0.1, 0.15) is 10.4 Å². The van der Waals surface area contributed by atoms with E-state index in [0.29, 0.717) is 0 Å². The molecule has 0 radical (unpaired) electrons. The topological polar surface area (TPSA) is 38.3 Å². The summed E-state index contributed by atoms with van der Waals surface area (Å²) >= 11 is 0. The van der Waals surface area contributed by atoms with Crippen LogP contribution in [-0.4, -0.2) is 19.4 Å². The number of rotatable bonds is 2. The number of para-hydroxylation sites is 1. The van der Waals surface area contributed by atoms with Crippen LogP contribution < -0.4 is 5.32 Å². The molecule has 6 heteroatoms. The molecule has 0 unspecified atom stereocenters. The minimum absolute atomic E-state index is 0.155. The molecule has 0 aliphatic carbocycles. The largest absolute Gasteiger partial charge is 0.482 e. The molecule has 0 fully saturated rings. The van der Waals surface area contributed by atoms with Crippen LogP contribution >= 0.6 is 0 Å². The zero-order chi connectivity index (χ0) is 11.5. The van der Waals surface area contributed by atoms with Gasteiger partial charge in [0.2, 0.25) is 0 Å². The van der Waals surface area contributed by atoms with Crippen molar-refractivity contribution in [3.8, 4) is 0 Å². The quantitative estimate of drug-likeness (QED) is 0.613. The molecule has 0 amide bonds. The molecular formula is C9H8F3NO2. The van der Waals surface area contributed by atoms with Crippen molar-refractivity contribution in [3.05, 3.63) is 29.8 Å². The Bertz CT molecular complexity index is 363. The van der Waals surface area contributed by atoms with Gasteiger partial charge < -0.3 is 4.74 Å². The summed E-state index contributed by atoms with van der Waals surface area (Å²) in [5, 5.41) is 1.26. The highest BCUT2D eigenvalue weighted by atomic mass is 19.4. The number of anilines is 1. The summed E-state index contributed by atoms with van der Waals surface area (Å²) in [4.78, 5) is 11.1. The van der Waals surface area contributed by atoms with Gasteiger partial charge in [-0.3, -0.25) is 5.32 Å². The predicted molar refractivity (Wildman–Crippen MR) is 47.5 cm³/mol. The van der Waals surface area contributed by atoms with E-state index in [1.54, 1.807) is 0 Å². The van der Waals surface area contributed by atoms with E-state index in [1.165, 1.54) is 23.5 Å². The number of nitrogens with one attached hydrogen (secondary N) is 1. The zero-order valence-corrected chi connectivity index (χ0v) is 7.76. The monoisotopic (exact) mass is 219 g/mol. The first kappa shape index (κ1) is 11.4. The molecule has 3 nitrogen and oxygen atoms in total. The lowest BCUT2D eigenvalue weighted by Gasteiger charge is -2.12. The van der Waals surface area contributed by atoms with Gasteiger partial charge >= 0.3 is 12.3 Å². The van der Waals surface area contributed by atoms with Gasteiger partial charge in [0.05, 0.1) is 18.4 Å². The second-order valence-electron chi connectivity index (χ2n) is 2.66. The Hall–Kier alpha value is -1.72. The third-order valence-corrected chi connectivity index (χ3v) is 1.61. The van der Waals surface area contributed by atoms with Crippen molar-refractivity contribution < 1.29 is 22.7 Å². The van der Waals surface area contributed by atoms with Crippen molar-refractivity contribution in [1.82, 2.24) is 0 Å². The Balaban J connectivity index is 3.02. The number of halogens is 3. The summed E-state index contributed by atoms with van der Waals surface area (Å²) in [5.74, 6) is -0.817. The van der Waals surface area contributed by atoms with Crippen molar-refractivity contribution in [2.75, 3.05) is 12.4 Å². The highest BCUT2D eigenvalue weighted by Crippen LogP contribution is 2.23. The molecule has 0 saturated heterocycles. The summed E-state index contributed by atoms with van der Waals surface area (Å²) in [6.45, 7) is 0. The highest BCUT2D eigenvalue weighted by Gasteiger charge is 2.29. The molecule has 0 aliphatic heterocycles. The molecule has 0 bridgehead atoms. The van der Waals surface area contributed by atoms with E-state index >= 15 is 0 Å². The smallest absolute Gasteiger partial charge is 0.465 e. The van der Waals surface area contributed by atoms with Crippen LogP contribution in [0, 0.1) is 0 Å². The Morgan fingerprint density at radius 1 is 1.33 bits per heavy atom. The minimum atomic E-state index is -4.58. The SMILES string of the molecule is COC(=O)c1ccccc1NC(F)(F)F. The predicted octanol–water partition coefficient (Wildman–Crippen LogP) is 2.40. The van der Waals surface area contributed by atoms with Crippen molar-refractivity contribution in [3.63, 3.8) is 0 Å². The minimum Gasteiger partial charge on any atom is -0.465 e. The lowest BCUT2D eigenvalue weighted by Crippen LogP contribution is -2.22. The van der Waals surface area contributed by atoms with E-state index in [-0.39, 0.29) is 11.3 Å². The average molecular weight is 219 g/mol. The second-order valence-corrected chi connectivity index (χ2v) is 2.66. The van der Waals surface area contributed by atoms with Crippen LogP contribution in [0.4, 0.5) is 18.9 Å². The van der Waals surface area contributed by atoms with Crippen LogP contribution in [-0.2, 0) is 4.74 Å². The molecule has 0 aromatic heterocycles. The van der Waals surface area contributed by atoms with Crippen LogP contribution in [0.15, 0.2) is 24.3 Å². The maximum absolute atomic E-state index is 12.0. The number of carbonyl (C=O) groups is 1. The molecule has 0 saturated carbocycles. The van der Waals surface area contributed by atoms with E-state index in [0.717, 1.165) is 13.2 Å². The van der Waals surface area contributed by atoms with E-state index in [1.807, 2.05) is 0 Å². The first-order valence-corrected chi connectivity index (χ1v) is 3.96. The third kappa shape index (κ3) is 3.16. The van der Waals surface area contributed by atoms with E-state index in [4.69, 9.17) is 0 Å². The summed E-state index contributed by atoms with van der Waals surface area (Å²) in [6, 6.07) is 5.24. The average Bonchev–Trinajstić information content (AvgIpc) is 2.15. The van der Waals surface area contributed by atoms with Crippen molar-refractivity contribution in [1.29, 1.82) is 0 Å². The molecule has 0 spiro atoms. The van der Waals surface area contributed by atoms with E-state index in [9.17, 15) is 18.0 Å².